The van der Waals surface area contributed by atoms with Gasteiger partial charge >= 0.3 is 23.9 Å². The molecule has 0 N–H and O–H groups in total. The summed E-state index contributed by atoms with van der Waals surface area (Å²) in [7, 11) is 0. The van der Waals surface area contributed by atoms with E-state index in [2.05, 4.69) is 0 Å². The Morgan fingerprint density at radius 3 is 2.52 bits per heavy atom. The smallest absolute Gasteiger partial charge is 0.347 e. The van der Waals surface area contributed by atoms with Crippen LogP contribution in [0.15, 0.2) is 0 Å². The standard InChI is InChI=1S/C19H24O8/c1-4-19(2,3)18(23)27-14-9-7-8-12(17(22)26-13(8)14)11(9)16(21)25-10-5-6-24-15(10)20/h8-14H,4-7H2,1-3H3. The van der Waals surface area contributed by atoms with E-state index in [9.17, 15) is 19.2 Å². The first-order chi connectivity index (χ1) is 12.7. The van der Waals surface area contributed by atoms with Crippen LogP contribution in [0.3, 0.4) is 0 Å². The Kier molecular flexibility index (Phi) is 4.20. The van der Waals surface area contributed by atoms with Crippen molar-refractivity contribution < 1.29 is 38.1 Å². The lowest BCUT2D eigenvalue weighted by atomic mass is 9.78. The molecule has 0 aromatic carbocycles. The lowest BCUT2D eigenvalue weighted by molar-refractivity contribution is -0.176. The van der Waals surface area contributed by atoms with E-state index in [0.717, 1.165) is 0 Å². The van der Waals surface area contributed by atoms with Crippen molar-refractivity contribution in [2.75, 3.05) is 6.61 Å². The summed E-state index contributed by atoms with van der Waals surface area (Å²) in [6.07, 6.45) is -0.583. The molecule has 27 heavy (non-hydrogen) atoms. The molecule has 2 aliphatic heterocycles. The van der Waals surface area contributed by atoms with Crippen LogP contribution in [0.5, 0.6) is 0 Å². The second kappa shape index (κ2) is 6.21. The Hall–Kier alpha value is -2.12. The van der Waals surface area contributed by atoms with Gasteiger partial charge in [-0.25, -0.2) is 4.79 Å². The average Bonchev–Trinajstić information content (AvgIpc) is 3.33. The van der Waals surface area contributed by atoms with E-state index in [1.54, 1.807) is 13.8 Å². The third kappa shape index (κ3) is 2.72. The number of esters is 4. The number of hydrogen-bond donors (Lipinski definition) is 0. The molecular formula is C19H24O8. The summed E-state index contributed by atoms with van der Waals surface area (Å²) in [4.78, 5) is 49.3. The SMILES string of the molecule is CCC(C)(C)C(=O)OC1C2CC3C1OC(=O)C3C2C(=O)OC1CCOC1=O. The van der Waals surface area contributed by atoms with Crippen molar-refractivity contribution in [1.29, 1.82) is 0 Å². The summed E-state index contributed by atoms with van der Waals surface area (Å²) < 4.78 is 21.3. The van der Waals surface area contributed by atoms with Gasteiger partial charge < -0.3 is 18.9 Å². The molecule has 7 unspecified atom stereocenters. The van der Waals surface area contributed by atoms with Gasteiger partial charge in [0, 0.05) is 18.3 Å². The normalized spacial score (nSPS) is 39.3. The molecule has 7 atom stereocenters. The van der Waals surface area contributed by atoms with E-state index < -0.39 is 53.5 Å². The maximum atomic E-state index is 12.8. The number of hydrogen-bond acceptors (Lipinski definition) is 8. The highest BCUT2D eigenvalue weighted by Gasteiger charge is 2.70. The minimum absolute atomic E-state index is 0.155. The van der Waals surface area contributed by atoms with Gasteiger partial charge in [-0.05, 0) is 26.7 Å². The van der Waals surface area contributed by atoms with Crippen molar-refractivity contribution in [3.8, 4) is 0 Å². The Morgan fingerprint density at radius 2 is 1.89 bits per heavy atom. The predicted octanol–water partition coefficient (Wildman–Crippen LogP) is 1.00. The number of carbonyl (C=O) groups is 4. The molecule has 2 saturated heterocycles. The molecule has 4 aliphatic rings. The topological polar surface area (TPSA) is 105 Å². The monoisotopic (exact) mass is 380 g/mol. The largest absolute Gasteiger partial charge is 0.463 e. The molecular weight excluding hydrogens is 356 g/mol. The summed E-state index contributed by atoms with van der Waals surface area (Å²) in [6, 6.07) is 0. The molecule has 8 nitrogen and oxygen atoms in total. The minimum atomic E-state index is -0.926. The van der Waals surface area contributed by atoms with Gasteiger partial charge in [0.25, 0.3) is 0 Å². The molecule has 4 fully saturated rings. The van der Waals surface area contributed by atoms with Crippen LogP contribution in [-0.4, -0.2) is 48.8 Å². The predicted molar refractivity (Wildman–Crippen MR) is 87.9 cm³/mol. The molecule has 0 amide bonds. The van der Waals surface area contributed by atoms with Crippen molar-refractivity contribution in [2.45, 2.75) is 58.3 Å². The van der Waals surface area contributed by atoms with Gasteiger partial charge in [-0.3, -0.25) is 14.4 Å². The summed E-state index contributed by atoms with van der Waals surface area (Å²) in [5.74, 6) is -3.81. The minimum Gasteiger partial charge on any atom is -0.463 e. The van der Waals surface area contributed by atoms with Crippen molar-refractivity contribution in [1.82, 2.24) is 0 Å². The van der Waals surface area contributed by atoms with Gasteiger partial charge in [-0.15, -0.1) is 0 Å². The van der Waals surface area contributed by atoms with E-state index in [0.29, 0.717) is 19.3 Å². The maximum Gasteiger partial charge on any atom is 0.347 e. The molecule has 0 aromatic rings. The van der Waals surface area contributed by atoms with Gasteiger partial charge in [0.2, 0.25) is 6.10 Å². The van der Waals surface area contributed by atoms with Gasteiger partial charge in [0.15, 0.2) is 0 Å². The lowest BCUT2D eigenvalue weighted by Gasteiger charge is -2.32. The van der Waals surface area contributed by atoms with Crippen LogP contribution in [0.2, 0.25) is 0 Å². The van der Waals surface area contributed by atoms with Crippen molar-refractivity contribution in [2.24, 2.45) is 29.1 Å². The first-order valence-electron chi connectivity index (χ1n) is 9.53. The molecule has 2 heterocycles. The van der Waals surface area contributed by atoms with Gasteiger partial charge in [0.05, 0.1) is 23.9 Å². The lowest BCUT2D eigenvalue weighted by Crippen LogP contribution is -2.46. The zero-order chi connectivity index (χ0) is 19.5. The number of fused-ring (bicyclic) bond motifs is 1. The highest BCUT2D eigenvalue weighted by Crippen LogP contribution is 2.59. The Morgan fingerprint density at radius 1 is 1.15 bits per heavy atom. The van der Waals surface area contributed by atoms with Crippen molar-refractivity contribution in [3.63, 3.8) is 0 Å². The highest BCUT2D eigenvalue weighted by molar-refractivity contribution is 5.88. The number of rotatable bonds is 5. The first kappa shape index (κ1) is 18.3. The van der Waals surface area contributed by atoms with Crippen LogP contribution in [0, 0.1) is 29.1 Å². The van der Waals surface area contributed by atoms with E-state index >= 15 is 0 Å². The fraction of sp³-hybridized carbons (Fsp3) is 0.789. The number of cyclic esters (lactones) is 1. The zero-order valence-electron chi connectivity index (χ0n) is 15.6. The van der Waals surface area contributed by atoms with Crippen LogP contribution in [-0.2, 0) is 38.1 Å². The molecule has 2 saturated carbocycles. The van der Waals surface area contributed by atoms with Crippen LogP contribution in [0.4, 0.5) is 0 Å². The van der Waals surface area contributed by atoms with Crippen LogP contribution < -0.4 is 0 Å². The van der Waals surface area contributed by atoms with Crippen LogP contribution >= 0.6 is 0 Å². The van der Waals surface area contributed by atoms with Gasteiger partial charge in [-0.2, -0.15) is 0 Å². The fourth-order valence-corrected chi connectivity index (χ4v) is 4.70. The Balaban J connectivity index is 1.53. The van der Waals surface area contributed by atoms with E-state index in [4.69, 9.17) is 18.9 Å². The molecule has 0 aromatic heterocycles. The third-order valence-electron chi connectivity index (χ3n) is 6.64. The van der Waals surface area contributed by atoms with Crippen molar-refractivity contribution >= 4 is 23.9 Å². The van der Waals surface area contributed by atoms with E-state index in [1.807, 2.05) is 6.92 Å². The van der Waals surface area contributed by atoms with E-state index in [1.165, 1.54) is 0 Å². The quantitative estimate of drug-likeness (QED) is 0.514. The molecule has 148 valence electrons. The summed E-state index contributed by atoms with van der Waals surface area (Å²) in [6.45, 7) is 5.70. The second-order valence-corrected chi connectivity index (χ2v) is 8.51. The van der Waals surface area contributed by atoms with Crippen LogP contribution in [0.25, 0.3) is 0 Å². The number of carbonyl (C=O) groups excluding carboxylic acids is 4. The molecule has 2 aliphatic carbocycles. The van der Waals surface area contributed by atoms with Crippen LogP contribution in [0.1, 0.15) is 40.0 Å². The fourth-order valence-electron chi connectivity index (χ4n) is 4.70. The van der Waals surface area contributed by atoms with Gasteiger partial charge in [-0.1, -0.05) is 6.92 Å². The maximum absolute atomic E-state index is 12.8. The number of ether oxygens (including phenoxy) is 4. The molecule has 8 heteroatoms. The second-order valence-electron chi connectivity index (χ2n) is 8.51. The molecule has 2 bridgehead atoms. The zero-order valence-corrected chi connectivity index (χ0v) is 15.6. The van der Waals surface area contributed by atoms with Gasteiger partial charge in [0.1, 0.15) is 12.2 Å². The first-order valence-corrected chi connectivity index (χ1v) is 9.53. The Labute approximate surface area is 156 Å². The summed E-state index contributed by atoms with van der Waals surface area (Å²) >= 11 is 0. The Bertz CT molecular complexity index is 698. The molecule has 0 radical (unpaired) electrons. The average molecular weight is 380 g/mol. The summed E-state index contributed by atoms with van der Waals surface area (Å²) in [5, 5.41) is 0. The summed E-state index contributed by atoms with van der Waals surface area (Å²) in [5.41, 5.74) is -0.659. The third-order valence-corrected chi connectivity index (χ3v) is 6.64. The molecule has 4 rings (SSSR count). The highest BCUT2D eigenvalue weighted by atomic mass is 16.6. The van der Waals surface area contributed by atoms with Crippen molar-refractivity contribution in [3.05, 3.63) is 0 Å². The molecule has 0 spiro atoms. The van der Waals surface area contributed by atoms with E-state index in [-0.39, 0.29) is 24.4 Å².